The number of H-pyrrole nitrogens is 1. The number of nitrogens with zero attached hydrogens (tertiary/aromatic N) is 1. The summed E-state index contributed by atoms with van der Waals surface area (Å²) in [6.45, 7) is 0. The van der Waals surface area contributed by atoms with E-state index < -0.39 is 0 Å². The minimum absolute atomic E-state index is 0.269. The van der Waals surface area contributed by atoms with Gasteiger partial charge in [0.15, 0.2) is 5.16 Å². The van der Waals surface area contributed by atoms with Crippen LogP contribution >= 0.6 is 11.8 Å². The minimum atomic E-state index is -0.269. The van der Waals surface area contributed by atoms with Gasteiger partial charge < -0.3 is 4.98 Å². The molecule has 0 aliphatic rings. The molecule has 0 spiro atoms. The second-order valence-corrected chi connectivity index (χ2v) is 3.66. The molecule has 4 heteroatoms. The highest BCUT2D eigenvalue weighted by Crippen LogP contribution is 2.19. The number of hydrogen-bond acceptors (Lipinski definition) is 2. The van der Waals surface area contributed by atoms with E-state index in [4.69, 9.17) is 6.42 Å². The molecule has 0 amide bonds. The van der Waals surface area contributed by atoms with Crippen molar-refractivity contribution in [2.45, 2.75) is 5.16 Å². The summed E-state index contributed by atoms with van der Waals surface area (Å²) < 4.78 is 12.8. The van der Waals surface area contributed by atoms with E-state index >= 15 is 0 Å². The lowest BCUT2D eigenvalue weighted by Crippen LogP contribution is -1.75. The lowest BCUT2D eigenvalue weighted by molar-refractivity contribution is 0.629. The van der Waals surface area contributed by atoms with Gasteiger partial charge >= 0.3 is 0 Å². The number of hydrogen-bond donors (Lipinski definition) is 1. The van der Waals surface area contributed by atoms with Gasteiger partial charge in [0, 0.05) is 0 Å². The lowest BCUT2D eigenvalue weighted by Gasteiger charge is -1.87. The highest BCUT2D eigenvalue weighted by atomic mass is 32.2. The molecule has 1 heterocycles. The Balaban J connectivity index is 2.37. The van der Waals surface area contributed by atoms with Gasteiger partial charge in [-0.1, -0.05) is 17.7 Å². The third kappa shape index (κ3) is 1.73. The van der Waals surface area contributed by atoms with Gasteiger partial charge in [0.25, 0.3) is 0 Å². The first-order valence-corrected chi connectivity index (χ1v) is 4.99. The molecule has 0 unspecified atom stereocenters. The number of aromatic nitrogens is 2. The summed E-state index contributed by atoms with van der Waals surface area (Å²) in [4.78, 5) is 7.22. The average Bonchev–Trinajstić information content (AvgIpc) is 2.56. The molecule has 2 rings (SSSR count). The predicted octanol–water partition coefficient (Wildman–Crippen LogP) is 2.43. The molecule has 2 nitrogen and oxygen atoms in total. The van der Waals surface area contributed by atoms with Crippen molar-refractivity contribution < 1.29 is 4.39 Å². The average molecular weight is 206 g/mol. The maximum Gasteiger partial charge on any atom is 0.167 e. The SMILES string of the molecule is C#CCSc1nc2ccc(F)cc2[nH]1. The molecule has 0 aliphatic carbocycles. The largest absolute Gasteiger partial charge is 0.333 e. The first kappa shape index (κ1) is 9.10. The topological polar surface area (TPSA) is 28.7 Å². The Hall–Kier alpha value is -1.47. The first-order chi connectivity index (χ1) is 6.79. The van der Waals surface area contributed by atoms with Crippen molar-refractivity contribution >= 4 is 22.8 Å². The fraction of sp³-hybridized carbons (Fsp3) is 0.100. The molecule has 70 valence electrons. The van der Waals surface area contributed by atoms with Crippen LogP contribution in [0.1, 0.15) is 0 Å². The van der Waals surface area contributed by atoms with Gasteiger partial charge in [-0.15, -0.1) is 6.42 Å². The molecule has 0 bridgehead atoms. The van der Waals surface area contributed by atoms with E-state index in [2.05, 4.69) is 15.9 Å². The second kappa shape index (κ2) is 3.72. The Morgan fingerprint density at radius 1 is 1.57 bits per heavy atom. The number of rotatable bonds is 2. The summed E-state index contributed by atoms with van der Waals surface area (Å²) in [7, 11) is 0. The number of aromatic amines is 1. The van der Waals surface area contributed by atoms with Crippen LogP contribution in [0.4, 0.5) is 4.39 Å². The number of thioether (sulfide) groups is 1. The number of benzene rings is 1. The zero-order chi connectivity index (χ0) is 9.97. The van der Waals surface area contributed by atoms with E-state index in [1.807, 2.05) is 0 Å². The van der Waals surface area contributed by atoms with Crippen molar-refractivity contribution in [3.05, 3.63) is 24.0 Å². The van der Waals surface area contributed by atoms with Crippen LogP contribution in [0.25, 0.3) is 11.0 Å². The molecule has 0 saturated carbocycles. The van der Waals surface area contributed by atoms with Crippen molar-refractivity contribution in [2.75, 3.05) is 5.75 Å². The second-order valence-electron chi connectivity index (χ2n) is 2.70. The van der Waals surface area contributed by atoms with Crippen LogP contribution in [0.2, 0.25) is 0 Å². The van der Waals surface area contributed by atoms with Crippen LogP contribution in [-0.4, -0.2) is 15.7 Å². The van der Waals surface area contributed by atoms with Gasteiger partial charge in [-0.25, -0.2) is 9.37 Å². The summed E-state index contributed by atoms with van der Waals surface area (Å²) in [6, 6.07) is 4.45. The van der Waals surface area contributed by atoms with Crippen molar-refractivity contribution in [3.8, 4) is 12.3 Å². The van der Waals surface area contributed by atoms with E-state index in [0.717, 1.165) is 10.7 Å². The molecule has 0 saturated heterocycles. The molecular weight excluding hydrogens is 199 g/mol. The van der Waals surface area contributed by atoms with Crippen molar-refractivity contribution in [3.63, 3.8) is 0 Å². The van der Waals surface area contributed by atoms with Crippen molar-refractivity contribution in [1.29, 1.82) is 0 Å². The van der Waals surface area contributed by atoms with Gasteiger partial charge in [-0.05, 0) is 18.2 Å². The highest BCUT2D eigenvalue weighted by Gasteiger charge is 2.02. The van der Waals surface area contributed by atoms with Crippen LogP contribution in [0, 0.1) is 18.2 Å². The number of fused-ring (bicyclic) bond motifs is 1. The first-order valence-electron chi connectivity index (χ1n) is 4.01. The zero-order valence-electron chi connectivity index (χ0n) is 7.25. The van der Waals surface area contributed by atoms with Gasteiger partial charge in [-0.2, -0.15) is 0 Å². The fourth-order valence-corrected chi connectivity index (χ4v) is 1.70. The Bertz CT molecular complexity index is 498. The Morgan fingerprint density at radius 2 is 2.43 bits per heavy atom. The van der Waals surface area contributed by atoms with Gasteiger partial charge in [0.2, 0.25) is 0 Å². The van der Waals surface area contributed by atoms with Crippen molar-refractivity contribution in [1.82, 2.24) is 9.97 Å². The number of terminal acetylenes is 1. The predicted molar refractivity (Wildman–Crippen MR) is 55.6 cm³/mol. The lowest BCUT2D eigenvalue weighted by atomic mass is 10.3. The van der Waals surface area contributed by atoms with E-state index in [-0.39, 0.29) is 5.82 Å². The van der Waals surface area contributed by atoms with E-state index in [1.165, 1.54) is 23.9 Å². The number of imidazole rings is 1. The molecule has 0 aliphatic heterocycles. The molecule has 0 fully saturated rings. The van der Waals surface area contributed by atoms with Crippen LogP contribution in [0.5, 0.6) is 0 Å². The van der Waals surface area contributed by atoms with Gasteiger partial charge in [0.1, 0.15) is 5.82 Å². The molecule has 2 aromatic rings. The fourth-order valence-electron chi connectivity index (χ4n) is 1.14. The van der Waals surface area contributed by atoms with Crippen LogP contribution in [-0.2, 0) is 0 Å². The number of halogens is 1. The third-order valence-electron chi connectivity index (χ3n) is 1.71. The summed E-state index contributed by atoms with van der Waals surface area (Å²) in [5.41, 5.74) is 1.45. The minimum Gasteiger partial charge on any atom is -0.333 e. The summed E-state index contributed by atoms with van der Waals surface area (Å²) in [5.74, 6) is 2.79. The smallest absolute Gasteiger partial charge is 0.167 e. The standard InChI is InChI=1S/C10H7FN2S/c1-2-5-14-10-12-8-4-3-7(11)6-9(8)13-10/h1,3-4,6H,5H2,(H,12,13). The zero-order valence-corrected chi connectivity index (χ0v) is 8.07. The Kier molecular flexibility index (Phi) is 2.42. The quantitative estimate of drug-likeness (QED) is 0.604. The van der Waals surface area contributed by atoms with E-state index in [9.17, 15) is 4.39 Å². The van der Waals surface area contributed by atoms with Gasteiger partial charge in [-0.3, -0.25) is 0 Å². The third-order valence-corrected chi connectivity index (χ3v) is 2.49. The van der Waals surface area contributed by atoms with Crippen LogP contribution in [0.3, 0.4) is 0 Å². The molecule has 0 atom stereocenters. The van der Waals surface area contributed by atoms with Gasteiger partial charge in [0.05, 0.1) is 16.8 Å². The molecule has 1 N–H and O–H groups in total. The molecular formula is C10H7FN2S. The Morgan fingerprint density at radius 3 is 3.21 bits per heavy atom. The normalized spacial score (nSPS) is 10.3. The number of nitrogens with one attached hydrogen (secondary N) is 1. The molecule has 1 aromatic heterocycles. The summed E-state index contributed by atoms with van der Waals surface area (Å²) in [6.07, 6.45) is 5.12. The monoisotopic (exact) mass is 206 g/mol. The molecule has 0 radical (unpaired) electrons. The van der Waals surface area contributed by atoms with Crippen LogP contribution in [0.15, 0.2) is 23.4 Å². The van der Waals surface area contributed by atoms with Crippen LogP contribution < -0.4 is 0 Å². The molecule has 1 aromatic carbocycles. The maximum atomic E-state index is 12.8. The maximum absolute atomic E-state index is 12.8. The Labute approximate surface area is 84.9 Å². The van der Waals surface area contributed by atoms with E-state index in [1.54, 1.807) is 6.07 Å². The van der Waals surface area contributed by atoms with E-state index in [0.29, 0.717) is 11.3 Å². The summed E-state index contributed by atoms with van der Waals surface area (Å²) in [5, 5.41) is 0.726. The van der Waals surface area contributed by atoms with Crippen molar-refractivity contribution in [2.24, 2.45) is 0 Å². The highest BCUT2D eigenvalue weighted by molar-refractivity contribution is 7.99. The molecule has 14 heavy (non-hydrogen) atoms. The summed E-state index contributed by atoms with van der Waals surface area (Å²) >= 11 is 1.43.